The number of ether oxygens (including phenoxy) is 1. The van der Waals surface area contributed by atoms with Gasteiger partial charge in [-0.05, 0) is 48.2 Å². The van der Waals surface area contributed by atoms with Crippen LogP contribution < -0.4 is 4.74 Å². The normalized spacial score (nSPS) is 17.1. The third kappa shape index (κ3) is 2.13. The monoisotopic (exact) mass is 269 g/mol. The van der Waals surface area contributed by atoms with E-state index in [1.807, 2.05) is 31.2 Å². The van der Waals surface area contributed by atoms with Gasteiger partial charge in [0.1, 0.15) is 5.75 Å². The highest BCUT2D eigenvalue weighted by Gasteiger charge is 2.27. The van der Waals surface area contributed by atoms with E-state index in [-0.39, 0.29) is 0 Å². The number of carboxylic acid groups (broad SMARTS) is 1. The van der Waals surface area contributed by atoms with Crippen LogP contribution in [0.4, 0.5) is 0 Å². The molecule has 102 valence electrons. The molecule has 1 unspecified atom stereocenters. The highest BCUT2D eigenvalue weighted by molar-refractivity contribution is 5.79. The average Bonchev–Trinajstić information content (AvgIpc) is 2.46. The molecule has 4 nitrogen and oxygen atoms in total. The second-order valence-corrected chi connectivity index (χ2v) is 4.97. The highest BCUT2D eigenvalue weighted by atomic mass is 16.5. The molecule has 1 aliphatic heterocycles. The molecule has 0 radical (unpaired) electrons. The first-order valence-corrected chi connectivity index (χ1v) is 6.57. The Kier molecular flexibility index (Phi) is 3.14. The maximum Gasteiger partial charge on any atom is 0.311 e. The van der Waals surface area contributed by atoms with Crippen molar-refractivity contribution in [3.05, 3.63) is 47.8 Å². The van der Waals surface area contributed by atoms with E-state index in [1.54, 1.807) is 12.4 Å². The van der Waals surface area contributed by atoms with Crippen molar-refractivity contribution in [2.45, 2.75) is 19.3 Å². The van der Waals surface area contributed by atoms with Crippen LogP contribution in [0.5, 0.6) is 5.75 Å². The molecule has 2 aromatic rings. The number of aromatic nitrogens is 1. The number of carboxylic acids is 1. The van der Waals surface area contributed by atoms with Crippen LogP contribution in [-0.2, 0) is 4.79 Å². The minimum absolute atomic E-state index is 0.456. The van der Waals surface area contributed by atoms with Crippen molar-refractivity contribution < 1.29 is 14.6 Å². The first-order valence-electron chi connectivity index (χ1n) is 6.57. The number of rotatable bonds is 2. The van der Waals surface area contributed by atoms with E-state index in [4.69, 9.17) is 4.74 Å². The summed E-state index contributed by atoms with van der Waals surface area (Å²) in [5, 5.41) is 9.34. The van der Waals surface area contributed by atoms with Gasteiger partial charge in [-0.15, -0.1) is 0 Å². The van der Waals surface area contributed by atoms with E-state index in [0.29, 0.717) is 18.8 Å². The fourth-order valence-corrected chi connectivity index (χ4v) is 2.62. The summed E-state index contributed by atoms with van der Waals surface area (Å²) in [6, 6.07) is 7.69. The number of carbonyl (C=O) groups is 1. The van der Waals surface area contributed by atoms with Crippen LogP contribution in [0.25, 0.3) is 11.1 Å². The molecule has 0 bridgehead atoms. The second-order valence-electron chi connectivity index (χ2n) is 4.97. The maximum atomic E-state index is 11.4. The van der Waals surface area contributed by atoms with Gasteiger partial charge in [0, 0.05) is 18.0 Å². The minimum Gasteiger partial charge on any atom is -0.493 e. The fraction of sp³-hybridized carbons (Fsp3) is 0.250. The van der Waals surface area contributed by atoms with E-state index in [2.05, 4.69) is 4.98 Å². The third-order valence-corrected chi connectivity index (χ3v) is 3.68. The largest absolute Gasteiger partial charge is 0.493 e. The Bertz CT molecular complexity index is 667. The van der Waals surface area contributed by atoms with Crippen LogP contribution in [0.15, 0.2) is 36.7 Å². The van der Waals surface area contributed by atoms with Gasteiger partial charge in [0.05, 0.1) is 12.5 Å². The predicted molar refractivity (Wildman–Crippen MR) is 74.9 cm³/mol. The predicted octanol–water partition coefficient (Wildman–Crippen LogP) is 3.01. The summed E-state index contributed by atoms with van der Waals surface area (Å²) in [6.45, 7) is 2.45. The molecule has 0 amide bonds. The van der Waals surface area contributed by atoms with E-state index >= 15 is 0 Å². The molecule has 3 rings (SSSR count). The lowest BCUT2D eigenvalue weighted by Gasteiger charge is -2.23. The smallest absolute Gasteiger partial charge is 0.311 e. The number of hydrogen-bond donors (Lipinski definition) is 1. The van der Waals surface area contributed by atoms with Gasteiger partial charge in [-0.25, -0.2) is 0 Å². The van der Waals surface area contributed by atoms with Gasteiger partial charge in [-0.1, -0.05) is 6.07 Å². The topological polar surface area (TPSA) is 59.4 Å². The van der Waals surface area contributed by atoms with Crippen LogP contribution in [-0.4, -0.2) is 22.7 Å². The Hall–Kier alpha value is -2.36. The van der Waals surface area contributed by atoms with Gasteiger partial charge in [-0.3, -0.25) is 9.78 Å². The summed E-state index contributed by atoms with van der Waals surface area (Å²) in [7, 11) is 0. The zero-order chi connectivity index (χ0) is 14.1. The zero-order valence-corrected chi connectivity index (χ0v) is 11.2. The van der Waals surface area contributed by atoms with Crippen molar-refractivity contribution in [2.24, 2.45) is 0 Å². The number of hydrogen-bond acceptors (Lipinski definition) is 3. The number of fused-ring (bicyclic) bond motifs is 1. The standard InChI is InChI=1S/C16H15NO3/c1-10-9-17-6-4-12(10)11-2-3-15-14(8-11)13(16(18)19)5-7-20-15/h2-4,6,8-9,13H,5,7H2,1H3,(H,18,19). The first kappa shape index (κ1) is 12.7. The number of benzene rings is 1. The van der Waals surface area contributed by atoms with Crippen LogP contribution in [0.2, 0.25) is 0 Å². The molecule has 1 atom stereocenters. The molecular formula is C16H15NO3. The first-order chi connectivity index (χ1) is 9.66. The van der Waals surface area contributed by atoms with Crippen molar-refractivity contribution in [1.82, 2.24) is 4.98 Å². The number of pyridine rings is 1. The van der Waals surface area contributed by atoms with Gasteiger partial charge >= 0.3 is 5.97 Å². The van der Waals surface area contributed by atoms with Crippen LogP contribution in [0.1, 0.15) is 23.5 Å². The van der Waals surface area contributed by atoms with E-state index in [1.165, 1.54) is 0 Å². The van der Waals surface area contributed by atoms with Crippen LogP contribution in [0, 0.1) is 6.92 Å². The van der Waals surface area contributed by atoms with E-state index in [9.17, 15) is 9.90 Å². The number of aryl methyl sites for hydroxylation is 1. The van der Waals surface area contributed by atoms with E-state index < -0.39 is 11.9 Å². The molecule has 0 saturated heterocycles. The van der Waals surface area contributed by atoms with Crippen molar-refractivity contribution >= 4 is 5.97 Å². The van der Waals surface area contributed by atoms with Gasteiger partial charge in [0.2, 0.25) is 0 Å². The Morgan fingerprint density at radius 3 is 3.00 bits per heavy atom. The van der Waals surface area contributed by atoms with Gasteiger partial charge in [0.25, 0.3) is 0 Å². The molecule has 20 heavy (non-hydrogen) atoms. The SMILES string of the molecule is Cc1cnccc1-c1ccc2c(c1)C(C(=O)O)CCO2. The van der Waals surface area contributed by atoms with E-state index in [0.717, 1.165) is 22.3 Å². The molecule has 1 N–H and O–H groups in total. The lowest BCUT2D eigenvalue weighted by atomic mass is 9.90. The van der Waals surface area contributed by atoms with Crippen molar-refractivity contribution in [3.8, 4) is 16.9 Å². The summed E-state index contributed by atoms with van der Waals surface area (Å²) in [4.78, 5) is 15.4. The van der Waals surface area contributed by atoms with Gasteiger partial charge in [-0.2, -0.15) is 0 Å². The Morgan fingerprint density at radius 1 is 1.40 bits per heavy atom. The molecule has 1 aromatic carbocycles. The average molecular weight is 269 g/mol. The minimum atomic E-state index is -0.793. The van der Waals surface area contributed by atoms with Crippen molar-refractivity contribution in [2.75, 3.05) is 6.61 Å². The molecule has 1 aliphatic rings. The maximum absolute atomic E-state index is 11.4. The second kappa shape index (κ2) is 4.96. The Labute approximate surface area is 117 Å². The zero-order valence-electron chi connectivity index (χ0n) is 11.2. The molecule has 0 saturated carbocycles. The fourth-order valence-electron chi connectivity index (χ4n) is 2.62. The molecule has 0 fully saturated rings. The summed E-state index contributed by atoms with van der Waals surface area (Å²) in [5.74, 6) is -0.599. The Morgan fingerprint density at radius 2 is 2.25 bits per heavy atom. The van der Waals surface area contributed by atoms with Gasteiger partial charge in [0.15, 0.2) is 0 Å². The highest BCUT2D eigenvalue weighted by Crippen LogP contribution is 2.37. The quantitative estimate of drug-likeness (QED) is 0.910. The third-order valence-electron chi connectivity index (χ3n) is 3.68. The van der Waals surface area contributed by atoms with Gasteiger partial charge < -0.3 is 9.84 Å². The summed E-state index contributed by atoms with van der Waals surface area (Å²) in [5.41, 5.74) is 3.89. The molecule has 1 aromatic heterocycles. The summed E-state index contributed by atoms with van der Waals surface area (Å²) >= 11 is 0. The van der Waals surface area contributed by atoms with Crippen LogP contribution >= 0.6 is 0 Å². The number of aliphatic carboxylic acids is 1. The molecule has 4 heteroatoms. The molecule has 0 aliphatic carbocycles. The summed E-state index contributed by atoms with van der Waals surface area (Å²) < 4.78 is 5.55. The lowest BCUT2D eigenvalue weighted by Crippen LogP contribution is -2.20. The summed E-state index contributed by atoms with van der Waals surface area (Å²) in [6.07, 6.45) is 4.06. The molecular weight excluding hydrogens is 254 g/mol. The van der Waals surface area contributed by atoms with Crippen molar-refractivity contribution in [3.63, 3.8) is 0 Å². The van der Waals surface area contributed by atoms with Crippen molar-refractivity contribution in [1.29, 1.82) is 0 Å². The van der Waals surface area contributed by atoms with Crippen LogP contribution in [0.3, 0.4) is 0 Å². The number of nitrogens with zero attached hydrogens (tertiary/aromatic N) is 1. The molecule has 2 heterocycles. The molecule has 0 spiro atoms. The lowest BCUT2D eigenvalue weighted by molar-refractivity contribution is -0.139. The Balaban J connectivity index is 2.10.